The number of hydrogen-bond acceptors (Lipinski definition) is 3. The van der Waals surface area contributed by atoms with E-state index in [1.54, 1.807) is 6.07 Å². The van der Waals surface area contributed by atoms with Gasteiger partial charge in [0.25, 0.3) is 15.9 Å². The molecule has 2 aromatic carbocycles. The van der Waals surface area contributed by atoms with E-state index in [1.807, 2.05) is 18.6 Å². The van der Waals surface area contributed by atoms with Gasteiger partial charge in [-0.2, -0.15) is 0 Å². The molecule has 2 rings (SSSR count). The first-order valence-electron chi connectivity index (χ1n) is 6.19. The van der Waals surface area contributed by atoms with E-state index in [0.29, 0.717) is 5.02 Å². The van der Waals surface area contributed by atoms with E-state index in [2.05, 4.69) is 0 Å². The molecule has 0 aromatic heterocycles. The van der Waals surface area contributed by atoms with Crippen molar-refractivity contribution in [3.05, 3.63) is 64.2 Å². The summed E-state index contributed by atoms with van der Waals surface area (Å²) < 4.78 is 26.4. The molecule has 0 spiro atoms. The van der Waals surface area contributed by atoms with Crippen LogP contribution in [0.1, 0.15) is 21.5 Å². The zero-order valence-corrected chi connectivity index (χ0v) is 13.1. The zero-order chi connectivity index (χ0) is 15.6. The number of benzene rings is 2. The van der Waals surface area contributed by atoms with Crippen LogP contribution < -0.4 is 4.72 Å². The second kappa shape index (κ2) is 5.87. The zero-order valence-electron chi connectivity index (χ0n) is 11.6. The molecule has 0 heterocycles. The van der Waals surface area contributed by atoms with Crippen molar-refractivity contribution >= 4 is 27.5 Å². The normalized spacial score (nSPS) is 11.2. The van der Waals surface area contributed by atoms with Crippen LogP contribution in [0.5, 0.6) is 0 Å². The average molecular weight is 324 g/mol. The number of halogens is 1. The van der Waals surface area contributed by atoms with Gasteiger partial charge < -0.3 is 0 Å². The lowest BCUT2D eigenvalue weighted by Gasteiger charge is -2.09. The molecule has 0 aliphatic heterocycles. The Morgan fingerprint density at radius 2 is 1.62 bits per heavy atom. The molecule has 0 atom stereocenters. The number of sulfonamides is 1. The van der Waals surface area contributed by atoms with Crippen LogP contribution in [-0.4, -0.2) is 14.3 Å². The number of hydrogen-bond donors (Lipinski definition) is 1. The molecule has 0 saturated heterocycles. The topological polar surface area (TPSA) is 63.2 Å². The molecule has 110 valence electrons. The quantitative estimate of drug-likeness (QED) is 0.944. The lowest BCUT2D eigenvalue weighted by molar-refractivity contribution is 0.0981. The summed E-state index contributed by atoms with van der Waals surface area (Å²) in [5.74, 6) is -0.690. The first kappa shape index (κ1) is 15.5. The second-order valence-corrected chi connectivity index (χ2v) is 6.81. The standard InChI is InChI=1S/C15H14ClNO3S/c1-10-3-8-14(9-11(10)2)21(19,20)17-15(18)12-4-6-13(16)7-5-12/h3-9H,1-2H3,(H,17,18). The van der Waals surface area contributed by atoms with Crippen LogP contribution in [0.25, 0.3) is 0 Å². The molecule has 1 N–H and O–H groups in total. The third kappa shape index (κ3) is 3.62. The maximum atomic E-state index is 12.2. The molecule has 0 unspecified atom stereocenters. The van der Waals surface area contributed by atoms with E-state index < -0.39 is 15.9 Å². The summed E-state index contributed by atoms with van der Waals surface area (Å²) in [6.07, 6.45) is 0. The van der Waals surface area contributed by atoms with Crippen molar-refractivity contribution in [3.63, 3.8) is 0 Å². The average Bonchev–Trinajstić information content (AvgIpc) is 2.42. The van der Waals surface area contributed by atoms with Gasteiger partial charge in [-0.25, -0.2) is 13.1 Å². The monoisotopic (exact) mass is 323 g/mol. The van der Waals surface area contributed by atoms with Crippen LogP contribution in [0.4, 0.5) is 0 Å². The second-order valence-electron chi connectivity index (χ2n) is 4.69. The third-order valence-corrected chi connectivity index (χ3v) is 4.70. The minimum absolute atomic E-state index is 0.0629. The van der Waals surface area contributed by atoms with E-state index in [-0.39, 0.29) is 10.5 Å². The molecule has 0 radical (unpaired) electrons. The number of carbonyl (C=O) groups excluding carboxylic acids is 1. The largest absolute Gasteiger partial charge is 0.268 e. The fraction of sp³-hybridized carbons (Fsp3) is 0.133. The maximum Gasteiger partial charge on any atom is 0.264 e. The van der Waals surface area contributed by atoms with Gasteiger partial charge in [-0.3, -0.25) is 4.79 Å². The van der Waals surface area contributed by atoms with E-state index in [9.17, 15) is 13.2 Å². The van der Waals surface area contributed by atoms with Crippen LogP contribution in [0.2, 0.25) is 5.02 Å². The predicted octanol–water partition coefficient (Wildman–Crippen LogP) is 3.08. The van der Waals surface area contributed by atoms with Gasteiger partial charge in [-0.05, 0) is 61.4 Å². The Hall–Kier alpha value is -1.85. The highest BCUT2D eigenvalue weighted by atomic mass is 35.5. The molecule has 0 bridgehead atoms. The molecule has 0 fully saturated rings. The third-order valence-electron chi connectivity index (χ3n) is 3.12. The van der Waals surface area contributed by atoms with Gasteiger partial charge in [0.2, 0.25) is 0 Å². The summed E-state index contributed by atoms with van der Waals surface area (Å²) in [5.41, 5.74) is 2.06. The highest BCUT2D eigenvalue weighted by Gasteiger charge is 2.19. The van der Waals surface area contributed by atoms with Crippen molar-refractivity contribution in [3.8, 4) is 0 Å². The Labute approximate surface area is 128 Å². The minimum atomic E-state index is -3.89. The molecule has 4 nitrogen and oxygen atoms in total. The fourth-order valence-corrected chi connectivity index (χ4v) is 2.91. The highest BCUT2D eigenvalue weighted by Crippen LogP contribution is 2.15. The van der Waals surface area contributed by atoms with Gasteiger partial charge in [0.05, 0.1) is 4.90 Å². The van der Waals surface area contributed by atoms with Crippen molar-refractivity contribution in [1.29, 1.82) is 0 Å². The Morgan fingerprint density at radius 1 is 1.00 bits per heavy atom. The van der Waals surface area contributed by atoms with E-state index in [4.69, 9.17) is 11.6 Å². The van der Waals surface area contributed by atoms with Gasteiger partial charge in [0.1, 0.15) is 0 Å². The fourth-order valence-electron chi connectivity index (χ4n) is 1.72. The maximum absolute atomic E-state index is 12.2. The molecule has 6 heteroatoms. The molecule has 1 amide bonds. The minimum Gasteiger partial charge on any atom is -0.268 e. The first-order chi connectivity index (χ1) is 9.79. The van der Waals surface area contributed by atoms with Crippen LogP contribution in [0.3, 0.4) is 0 Å². The van der Waals surface area contributed by atoms with Gasteiger partial charge in [0, 0.05) is 10.6 Å². The smallest absolute Gasteiger partial charge is 0.264 e. The molecule has 0 saturated carbocycles. The molecule has 21 heavy (non-hydrogen) atoms. The Kier molecular flexibility index (Phi) is 4.34. The van der Waals surface area contributed by atoms with Gasteiger partial charge in [-0.15, -0.1) is 0 Å². The van der Waals surface area contributed by atoms with Crippen molar-refractivity contribution in [2.75, 3.05) is 0 Å². The van der Waals surface area contributed by atoms with E-state index in [1.165, 1.54) is 36.4 Å². The van der Waals surface area contributed by atoms with Crippen LogP contribution in [0.15, 0.2) is 47.4 Å². The Bertz CT molecular complexity index is 783. The number of amides is 1. The van der Waals surface area contributed by atoms with Crippen molar-refractivity contribution in [1.82, 2.24) is 4.72 Å². The van der Waals surface area contributed by atoms with Gasteiger partial charge in [-0.1, -0.05) is 17.7 Å². The van der Waals surface area contributed by atoms with Crippen LogP contribution in [-0.2, 0) is 10.0 Å². The number of carbonyl (C=O) groups is 1. The van der Waals surface area contributed by atoms with E-state index >= 15 is 0 Å². The molecule has 0 aliphatic rings. The summed E-state index contributed by atoms with van der Waals surface area (Å²) in [5, 5.41) is 0.476. The number of rotatable bonds is 3. The SMILES string of the molecule is Cc1ccc(S(=O)(=O)NC(=O)c2ccc(Cl)cc2)cc1C. The predicted molar refractivity (Wildman–Crippen MR) is 82.0 cm³/mol. The first-order valence-corrected chi connectivity index (χ1v) is 8.06. The summed E-state index contributed by atoms with van der Waals surface area (Å²) in [6.45, 7) is 3.70. The highest BCUT2D eigenvalue weighted by molar-refractivity contribution is 7.90. The van der Waals surface area contributed by atoms with Gasteiger partial charge in [0.15, 0.2) is 0 Å². The summed E-state index contributed by atoms with van der Waals surface area (Å²) in [6, 6.07) is 10.7. The Balaban J connectivity index is 2.26. The van der Waals surface area contributed by atoms with Crippen LogP contribution >= 0.6 is 11.6 Å². The lowest BCUT2D eigenvalue weighted by Crippen LogP contribution is -2.30. The van der Waals surface area contributed by atoms with Crippen molar-refractivity contribution in [2.45, 2.75) is 18.7 Å². The van der Waals surface area contributed by atoms with E-state index in [0.717, 1.165) is 11.1 Å². The molecule has 0 aliphatic carbocycles. The number of aryl methyl sites for hydroxylation is 2. The number of nitrogens with one attached hydrogen (secondary N) is 1. The Morgan fingerprint density at radius 3 is 2.19 bits per heavy atom. The van der Waals surface area contributed by atoms with Gasteiger partial charge >= 0.3 is 0 Å². The van der Waals surface area contributed by atoms with Crippen molar-refractivity contribution in [2.24, 2.45) is 0 Å². The molecular weight excluding hydrogens is 310 g/mol. The summed E-state index contributed by atoms with van der Waals surface area (Å²) in [7, 11) is -3.89. The summed E-state index contributed by atoms with van der Waals surface area (Å²) >= 11 is 5.73. The lowest BCUT2D eigenvalue weighted by atomic mass is 10.1. The molecule has 2 aromatic rings. The summed E-state index contributed by atoms with van der Waals surface area (Å²) in [4.78, 5) is 12.0. The molecular formula is C15H14ClNO3S. The van der Waals surface area contributed by atoms with Crippen molar-refractivity contribution < 1.29 is 13.2 Å². The van der Waals surface area contributed by atoms with Crippen LogP contribution in [0, 0.1) is 13.8 Å².